The number of aliphatic hydroxyl groups is 1. The number of hydrogen-bond donors (Lipinski definition) is 1. The Balaban J connectivity index is 3.09. The Kier molecular flexibility index (Phi) is 7.04. The molecular weight excluding hydrogens is 204 g/mol. The fourth-order valence-corrected chi connectivity index (χ4v) is 0.752. The zero-order valence-corrected chi connectivity index (χ0v) is 7.66. The zero-order valence-electron chi connectivity index (χ0n) is 6.84. The van der Waals surface area contributed by atoms with Gasteiger partial charge >= 0.3 is 0 Å². The van der Waals surface area contributed by atoms with Gasteiger partial charge in [0.15, 0.2) is 0 Å². The van der Waals surface area contributed by atoms with Crippen molar-refractivity contribution in [3.8, 4) is 0 Å². The first kappa shape index (κ1) is 12.8. The number of aliphatic hydroxyl groups excluding tert-OH is 1. The lowest BCUT2D eigenvalue weighted by Crippen LogP contribution is -2.12. The van der Waals surface area contributed by atoms with Crippen molar-refractivity contribution in [1.29, 1.82) is 0 Å². The lowest BCUT2D eigenvalue weighted by atomic mass is 10.7. The van der Waals surface area contributed by atoms with E-state index in [0.29, 0.717) is 0 Å². The molecule has 0 heterocycles. The molecular formula is C5H11O7S-. The van der Waals surface area contributed by atoms with Crippen molar-refractivity contribution in [2.24, 2.45) is 0 Å². The molecule has 0 radical (unpaired) electrons. The van der Waals surface area contributed by atoms with Gasteiger partial charge in [-0.15, -0.1) is 0 Å². The first-order valence-electron chi connectivity index (χ1n) is 3.43. The van der Waals surface area contributed by atoms with Crippen LogP contribution in [-0.2, 0) is 24.1 Å². The average Bonchev–Trinajstić information content (AvgIpc) is 2.01. The van der Waals surface area contributed by atoms with Crippen LogP contribution in [0.5, 0.6) is 0 Å². The predicted molar refractivity (Wildman–Crippen MR) is 39.5 cm³/mol. The molecule has 8 heteroatoms. The lowest BCUT2D eigenvalue weighted by Gasteiger charge is -2.07. The maximum atomic E-state index is 9.88. The molecule has 0 aromatic heterocycles. The molecule has 0 fully saturated rings. The van der Waals surface area contributed by atoms with Crippen LogP contribution in [0.3, 0.4) is 0 Å². The van der Waals surface area contributed by atoms with E-state index in [4.69, 9.17) is 9.84 Å². The van der Waals surface area contributed by atoms with Crippen molar-refractivity contribution < 1.29 is 31.7 Å². The molecule has 0 spiro atoms. The molecule has 0 unspecified atom stereocenters. The van der Waals surface area contributed by atoms with Gasteiger partial charge in [-0.3, -0.25) is 4.18 Å². The van der Waals surface area contributed by atoms with Gasteiger partial charge in [-0.05, 0) is 0 Å². The van der Waals surface area contributed by atoms with Crippen molar-refractivity contribution >= 4 is 10.4 Å². The van der Waals surface area contributed by atoms with Crippen LogP contribution >= 0.6 is 0 Å². The van der Waals surface area contributed by atoms with E-state index in [2.05, 4.69) is 8.92 Å². The first-order valence-corrected chi connectivity index (χ1v) is 4.76. The summed E-state index contributed by atoms with van der Waals surface area (Å²) < 4.78 is 42.7. The minimum Gasteiger partial charge on any atom is -0.726 e. The van der Waals surface area contributed by atoms with Crippen molar-refractivity contribution in [3.05, 3.63) is 0 Å². The summed E-state index contributed by atoms with van der Waals surface area (Å²) >= 11 is 0. The number of ether oxygens (including phenoxy) is 2. The molecule has 0 saturated heterocycles. The summed E-state index contributed by atoms with van der Waals surface area (Å²) in [4.78, 5) is 0. The van der Waals surface area contributed by atoms with E-state index >= 15 is 0 Å². The van der Waals surface area contributed by atoms with Crippen LogP contribution < -0.4 is 0 Å². The predicted octanol–water partition coefficient (Wildman–Crippen LogP) is -1.55. The minimum atomic E-state index is -4.62. The van der Waals surface area contributed by atoms with Gasteiger partial charge in [-0.2, -0.15) is 0 Å². The Morgan fingerprint density at radius 1 is 1.08 bits per heavy atom. The Hall–Kier alpha value is -0.250. The second kappa shape index (κ2) is 7.18. The van der Waals surface area contributed by atoms with E-state index in [1.807, 2.05) is 0 Å². The molecule has 1 N–H and O–H groups in total. The van der Waals surface area contributed by atoms with Gasteiger partial charge in [0, 0.05) is 0 Å². The monoisotopic (exact) mass is 215 g/mol. The van der Waals surface area contributed by atoms with Crippen molar-refractivity contribution in [2.45, 2.75) is 0 Å². The van der Waals surface area contributed by atoms with Crippen LogP contribution in [0.1, 0.15) is 0 Å². The Morgan fingerprint density at radius 2 is 1.62 bits per heavy atom. The summed E-state index contributed by atoms with van der Waals surface area (Å²) in [5, 5.41) is 8.15. The van der Waals surface area contributed by atoms with Gasteiger partial charge in [-0.1, -0.05) is 0 Å². The quantitative estimate of drug-likeness (QED) is 0.226. The summed E-state index contributed by atoms with van der Waals surface area (Å²) in [6.07, 6.45) is 0. The molecule has 0 saturated carbocycles. The maximum absolute atomic E-state index is 9.88. The second-order valence-electron chi connectivity index (χ2n) is 1.88. The largest absolute Gasteiger partial charge is 0.726 e. The SMILES string of the molecule is O=S(=O)([O-])OCCOCCOCO. The standard InChI is InChI=1S/C5H12O7S/c6-5-11-2-1-10-3-4-12-13(7,8)9/h6H,1-5H2,(H,7,8,9)/p-1. The maximum Gasteiger partial charge on any atom is 0.217 e. The highest BCUT2D eigenvalue weighted by molar-refractivity contribution is 7.80. The van der Waals surface area contributed by atoms with Gasteiger partial charge in [-0.25, -0.2) is 8.42 Å². The summed E-state index contributed by atoms with van der Waals surface area (Å²) in [6.45, 7) is -0.334. The van der Waals surface area contributed by atoms with Crippen LogP contribution in [0.15, 0.2) is 0 Å². The zero-order chi connectivity index (χ0) is 10.2. The molecule has 7 nitrogen and oxygen atoms in total. The minimum absolute atomic E-state index is 0.0176. The Labute approximate surface area is 76.2 Å². The third kappa shape index (κ3) is 11.8. The Morgan fingerprint density at radius 3 is 2.15 bits per heavy atom. The fraction of sp³-hybridized carbons (Fsp3) is 1.00. The lowest BCUT2D eigenvalue weighted by molar-refractivity contribution is -0.0319. The van der Waals surface area contributed by atoms with Crippen LogP contribution in [0, 0.1) is 0 Å². The van der Waals surface area contributed by atoms with E-state index < -0.39 is 17.2 Å². The normalized spacial score (nSPS) is 11.8. The average molecular weight is 215 g/mol. The molecule has 0 aliphatic rings. The van der Waals surface area contributed by atoms with Gasteiger partial charge in [0.2, 0.25) is 10.4 Å². The topological polar surface area (TPSA) is 105 Å². The van der Waals surface area contributed by atoms with Crippen LogP contribution in [0.2, 0.25) is 0 Å². The van der Waals surface area contributed by atoms with Gasteiger partial charge in [0.05, 0.1) is 26.4 Å². The molecule has 0 aromatic carbocycles. The van der Waals surface area contributed by atoms with Crippen molar-refractivity contribution in [1.82, 2.24) is 0 Å². The number of rotatable bonds is 8. The van der Waals surface area contributed by atoms with E-state index in [1.165, 1.54) is 0 Å². The summed E-state index contributed by atoms with van der Waals surface area (Å²) in [6, 6.07) is 0. The smallest absolute Gasteiger partial charge is 0.217 e. The summed E-state index contributed by atoms with van der Waals surface area (Å²) in [7, 11) is -4.62. The Bertz CT molecular complexity index is 199. The third-order valence-corrected chi connectivity index (χ3v) is 1.37. The molecule has 80 valence electrons. The molecule has 0 aromatic rings. The molecule has 0 bridgehead atoms. The first-order chi connectivity index (χ1) is 6.06. The van der Waals surface area contributed by atoms with Gasteiger partial charge in [0.1, 0.15) is 6.79 Å². The van der Waals surface area contributed by atoms with Crippen molar-refractivity contribution in [2.75, 3.05) is 33.2 Å². The van der Waals surface area contributed by atoms with Gasteiger partial charge < -0.3 is 19.1 Å². The highest BCUT2D eigenvalue weighted by atomic mass is 32.3. The molecule has 0 atom stereocenters. The van der Waals surface area contributed by atoms with E-state index in [0.717, 1.165) is 0 Å². The summed E-state index contributed by atoms with van der Waals surface area (Å²) in [5.74, 6) is 0. The molecule has 13 heavy (non-hydrogen) atoms. The molecule has 0 rings (SSSR count). The molecule has 0 aliphatic carbocycles. The van der Waals surface area contributed by atoms with Crippen molar-refractivity contribution in [3.63, 3.8) is 0 Å². The number of hydrogen-bond acceptors (Lipinski definition) is 7. The second-order valence-corrected chi connectivity index (χ2v) is 2.93. The van der Waals surface area contributed by atoms with Crippen LogP contribution in [0.4, 0.5) is 0 Å². The van der Waals surface area contributed by atoms with Gasteiger partial charge in [0.25, 0.3) is 0 Å². The third-order valence-electron chi connectivity index (χ3n) is 0.919. The molecule has 0 amide bonds. The molecule has 0 aliphatic heterocycles. The van der Waals surface area contributed by atoms with Crippen LogP contribution in [0.25, 0.3) is 0 Å². The van der Waals surface area contributed by atoms with E-state index in [1.54, 1.807) is 0 Å². The summed E-state index contributed by atoms with van der Waals surface area (Å²) in [5.41, 5.74) is 0. The highest BCUT2D eigenvalue weighted by Gasteiger charge is 1.94. The van der Waals surface area contributed by atoms with E-state index in [9.17, 15) is 13.0 Å². The fourth-order valence-electron chi connectivity index (χ4n) is 0.479. The van der Waals surface area contributed by atoms with E-state index in [-0.39, 0.29) is 26.4 Å². The van der Waals surface area contributed by atoms with Crippen LogP contribution in [-0.4, -0.2) is 51.3 Å². The highest BCUT2D eigenvalue weighted by Crippen LogP contribution is 1.85.